The van der Waals surface area contributed by atoms with E-state index in [1.807, 2.05) is 6.07 Å². The van der Waals surface area contributed by atoms with Crippen LogP contribution in [0.3, 0.4) is 0 Å². The molecule has 0 fully saturated rings. The second-order valence-electron chi connectivity index (χ2n) is 3.18. The second-order valence-corrected chi connectivity index (χ2v) is 3.18. The molecule has 16 heavy (non-hydrogen) atoms. The van der Waals surface area contributed by atoms with Gasteiger partial charge in [0.05, 0.1) is 30.9 Å². The lowest BCUT2D eigenvalue weighted by molar-refractivity contribution is 0.0525. The van der Waals surface area contributed by atoms with Crippen molar-refractivity contribution in [3.8, 4) is 11.8 Å². The van der Waals surface area contributed by atoms with Crippen LogP contribution in [0.4, 0.5) is 0 Å². The Bertz CT molecular complexity index is 446. The Morgan fingerprint density at radius 3 is 2.69 bits per heavy atom. The van der Waals surface area contributed by atoms with E-state index in [0.717, 1.165) is 0 Å². The smallest absolute Gasteiger partial charge is 0.338 e. The summed E-state index contributed by atoms with van der Waals surface area (Å²) < 4.78 is 10.0. The van der Waals surface area contributed by atoms with E-state index in [2.05, 4.69) is 0 Å². The Hall–Kier alpha value is -2.02. The maximum absolute atomic E-state index is 11.6. The molecule has 0 amide bonds. The number of esters is 1. The summed E-state index contributed by atoms with van der Waals surface area (Å²) in [5.74, 6) is 0.0810. The van der Waals surface area contributed by atoms with Crippen LogP contribution in [0.15, 0.2) is 12.1 Å². The zero-order valence-electron chi connectivity index (χ0n) is 9.53. The number of methoxy groups -OCH3 is 1. The predicted octanol–water partition coefficient (Wildman–Crippen LogP) is 2.05. The zero-order valence-corrected chi connectivity index (χ0v) is 9.53. The molecule has 0 aliphatic carbocycles. The number of nitriles is 1. The van der Waals surface area contributed by atoms with E-state index < -0.39 is 5.97 Å². The molecular weight excluding hydrogens is 206 g/mol. The van der Waals surface area contributed by atoms with Gasteiger partial charge in [-0.2, -0.15) is 5.26 Å². The Balaban J connectivity index is 3.27. The van der Waals surface area contributed by atoms with Crippen molar-refractivity contribution in [1.82, 2.24) is 0 Å². The van der Waals surface area contributed by atoms with Crippen LogP contribution in [0.2, 0.25) is 0 Å². The highest BCUT2D eigenvalue weighted by molar-refractivity contribution is 5.92. The van der Waals surface area contributed by atoms with Crippen molar-refractivity contribution in [2.75, 3.05) is 13.7 Å². The maximum atomic E-state index is 11.6. The molecule has 0 aliphatic rings. The van der Waals surface area contributed by atoms with E-state index in [4.69, 9.17) is 14.7 Å². The average Bonchev–Trinajstić information content (AvgIpc) is 2.29. The van der Waals surface area contributed by atoms with Crippen LogP contribution in [-0.2, 0) is 4.74 Å². The number of carbonyl (C=O) groups excluding carboxylic acids is 1. The Kier molecular flexibility index (Phi) is 3.90. The lowest BCUT2D eigenvalue weighted by Gasteiger charge is -2.10. The molecule has 0 atom stereocenters. The largest absolute Gasteiger partial charge is 0.496 e. The third kappa shape index (κ3) is 2.31. The SMILES string of the molecule is CCOC(=O)c1cc(C#N)cc(OC)c1C. The van der Waals surface area contributed by atoms with Crippen LogP contribution in [0.25, 0.3) is 0 Å². The number of benzene rings is 1. The van der Waals surface area contributed by atoms with Crippen molar-refractivity contribution < 1.29 is 14.3 Å². The Morgan fingerprint density at radius 1 is 1.50 bits per heavy atom. The molecule has 0 saturated carbocycles. The fourth-order valence-electron chi connectivity index (χ4n) is 1.39. The summed E-state index contributed by atoms with van der Waals surface area (Å²) in [4.78, 5) is 11.6. The van der Waals surface area contributed by atoms with Crippen LogP contribution >= 0.6 is 0 Å². The monoisotopic (exact) mass is 219 g/mol. The molecule has 1 aromatic carbocycles. The van der Waals surface area contributed by atoms with E-state index in [-0.39, 0.29) is 0 Å². The highest BCUT2D eigenvalue weighted by Crippen LogP contribution is 2.24. The first-order valence-electron chi connectivity index (χ1n) is 4.89. The molecule has 84 valence electrons. The normalized spacial score (nSPS) is 9.38. The molecule has 0 radical (unpaired) electrons. The topological polar surface area (TPSA) is 59.3 Å². The maximum Gasteiger partial charge on any atom is 0.338 e. The first-order chi connectivity index (χ1) is 7.63. The molecule has 1 aromatic rings. The lowest BCUT2D eigenvalue weighted by Crippen LogP contribution is -2.08. The van der Waals surface area contributed by atoms with E-state index >= 15 is 0 Å². The Labute approximate surface area is 94.4 Å². The van der Waals surface area contributed by atoms with Gasteiger partial charge in [-0.3, -0.25) is 0 Å². The van der Waals surface area contributed by atoms with Crippen molar-refractivity contribution in [2.45, 2.75) is 13.8 Å². The molecule has 4 heteroatoms. The van der Waals surface area contributed by atoms with Gasteiger partial charge < -0.3 is 9.47 Å². The Morgan fingerprint density at radius 2 is 2.19 bits per heavy atom. The molecule has 0 aliphatic heterocycles. The predicted molar refractivity (Wildman–Crippen MR) is 58.4 cm³/mol. The van der Waals surface area contributed by atoms with Crippen molar-refractivity contribution in [1.29, 1.82) is 5.26 Å². The summed E-state index contributed by atoms with van der Waals surface area (Å²) in [6, 6.07) is 5.08. The number of hydrogen-bond acceptors (Lipinski definition) is 4. The number of hydrogen-bond donors (Lipinski definition) is 0. The third-order valence-electron chi connectivity index (χ3n) is 2.20. The summed E-state index contributed by atoms with van der Waals surface area (Å²) in [6.45, 7) is 3.79. The zero-order chi connectivity index (χ0) is 12.1. The molecule has 0 bridgehead atoms. The van der Waals surface area contributed by atoms with Crippen molar-refractivity contribution in [2.24, 2.45) is 0 Å². The summed E-state index contributed by atoms with van der Waals surface area (Å²) in [5.41, 5.74) is 1.43. The third-order valence-corrected chi connectivity index (χ3v) is 2.20. The lowest BCUT2D eigenvalue weighted by atomic mass is 10.0. The van der Waals surface area contributed by atoms with Gasteiger partial charge in [-0.05, 0) is 26.0 Å². The first-order valence-corrected chi connectivity index (χ1v) is 4.89. The number of rotatable bonds is 3. The molecule has 0 saturated heterocycles. The molecular formula is C12H13NO3. The van der Waals surface area contributed by atoms with Crippen LogP contribution in [0.5, 0.6) is 5.75 Å². The minimum Gasteiger partial charge on any atom is -0.496 e. The van der Waals surface area contributed by atoms with E-state index in [1.165, 1.54) is 13.2 Å². The molecule has 0 unspecified atom stereocenters. The number of ether oxygens (including phenoxy) is 2. The fraction of sp³-hybridized carbons (Fsp3) is 0.333. The average molecular weight is 219 g/mol. The van der Waals surface area contributed by atoms with Crippen molar-refractivity contribution in [3.63, 3.8) is 0 Å². The van der Waals surface area contributed by atoms with E-state index in [0.29, 0.717) is 29.0 Å². The standard InChI is InChI=1S/C12H13NO3/c1-4-16-12(14)10-5-9(7-13)6-11(15-3)8(10)2/h5-6H,4H2,1-3H3. The van der Waals surface area contributed by atoms with Crippen molar-refractivity contribution >= 4 is 5.97 Å². The minimum absolute atomic E-state index is 0.303. The highest BCUT2D eigenvalue weighted by atomic mass is 16.5. The molecule has 0 heterocycles. The quantitative estimate of drug-likeness (QED) is 0.730. The molecule has 0 N–H and O–H groups in total. The van der Waals surface area contributed by atoms with Crippen LogP contribution < -0.4 is 4.74 Å². The van der Waals surface area contributed by atoms with Gasteiger partial charge in [0.15, 0.2) is 0 Å². The summed E-state index contributed by atoms with van der Waals surface area (Å²) in [6.07, 6.45) is 0. The second kappa shape index (κ2) is 5.17. The summed E-state index contributed by atoms with van der Waals surface area (Å²) >= 11 is 0. The van der Waals surface area contributed by atoms with E-state index in [9.17, 15) is 4.79 Å². The number of carbonyl (C=O) groups is 1. The van der Waals surface area contributed by atoms with Gasteiger partial charge in [-0.15, -0.1) is 0 Å². The van der Waals surface area contributed by atoms with Crippen LogP contribution in [0, 0.1) is 18.3 Å². The first kappa shape index (κ1) is 12.1. The van der Waals surface area contributed by atoms with Gasteiger partial charge >= 0.3 is 5.97 Å². The van der Waals surface area contributed by atoms with Crippen LogP contribution in [0.1, 0.15) is 28.4 Å². The van der Waals surface area contributed by atoms with Gasteiger partial charge in [-0.1, -0.05) is 0 Å². The van der Waals surface area contributed by atoms with Crippen LogP contribution in [-0.4, -0.2) is 19.7 Å². The molecule has 1 rings (SSSR count). The minimum atomic E-state index is -0.435. The molecule has 0 aromatic heterocycles. The van der Waals surface area contributed by atoms with Gasteiger partial charge in [0.1, 0.15) is 5.75 Å². The highest BCUT2D eigenvalue weighted by Gasteiger charge is 2.15. The fourth-order valence-corrected chi connectivity index (χ4v) is 1.39. The van der Waals surface area contributed by atoms with E-state index in [1.54, 1.807) is 19.9 Å². The summed E-state index contributed by atoms with van der Waals surface area (Å²) in [5, 5.41) is 8.83. The van der Waals surface area contributed by atoms with Gasteiger partial charge in [0.2, 0.25) is 0 Å². The molecule has 0 spiro atoms. The number of nitrogens with zero attached hydrogens (tertiary/aromatic N) is 1. The van der Waals surface area contributed by atoms with Gasteiger partial charge in [0.25, 0.3) is 0 Å². The van der Waals surface area contributed by atoms with Crippen molar-refractivity contribution in [3.05, 3.63) is 28.8 Å². The molecule has 4 nitrogen and oxygen atoms in total. The summed E-state index contributed by atoms with van der Waals surface area (Å²) in [7, 11) is 1.50. The van der Waals surface area contributed by atoms with Gasteiger partial charge in [0, 0.05) is 5.56 Å². The van der Waals surface area contributed by atoms with Gasteiger partial charge in [-0.25, -0.2) is 4.79 Å².